The van der Waals surface area contributed by atoms with Gasteiger partial charge in [-0.05, 0) is 67.6 Å². The number of anilines is 2. The zero-order valence-corrected chi connectivity index (χ0v) is 18.3. The Hall–Kier alpha value is -2.85. The standard InChI is InChI=1S/C20H21FN4O3S2/c1-12-4-7-15(10-13(12)2)23-17(26)11-25-19(22)18(20(24-25)29-3)30(27,28)16-8-5-14(21)6-9-16/h4-10H,11,22H2,1-3H3,(H,23,26). The molecule has 158 valence electrons. The molecule has 0 aliphatic rings. The molecule has 0 unspecified atom stereocenters. The summed E-state index contributed by atoms with van der Waals surface area (Å²) in [6.07, 6.45) is 1.66. The van der Waals surface area contributed by atoms with E-state index in [2.05, 4.69) is 10.4 Å². The van der Waals surface area contributed by atoms with Gasteiger partial charge in [0, 0.05) is 5.69 Å². The Balaban J connectivity index is 1.90. The topological polar surface area (TPSA) is 107 Å². The number of carbonyl (C=O) groups excluding carboxylic acids is 1. The summed E-state index contributed by atoms with van der Waals surface area (Å²) in [5, 5.41) is 7.11. The van der Waals surface area contributed by atoms with E-state index >= 15 is 0 Å². The molecule has 0 aliphatic carbocycles. The molecule has 7 nitrogen and oxygen atoms in total. The van der Waals surface area contributed by atoms with Crippen molar-refractivity contribution in [2.24, 2.45) is 0 Å². The molecule has 3 rings (SSSR count). The van der Waals surface area contributed by atoms with Crippen LogP contribution in [0.1, 0.15) is 11.1 Å². The third-order valence-electron chi connectivity index (χ3n) is 4.59. The highest BCUT2D eigenvalue weighted by molar-refractivity contribution is 7.99. The molecule has 1 amide bonds. The quantitative estimate of drug-likeness (QED) is 0.442. The van der Waals surface area contributed by atoms with Gasteiger partial charge in [-0.25, -0.2) is 17.5 Å². The highest BCUT2D eigenvalue weighted by Crippen LogP contribution is 2.34. The van der Waals surface area contributed by atoms with Gasteiger partial charge in [0.15, 0.2) is 0 Å². The molecular formula is C20H21FN4O3S2. The van der Waals surface area contributed by atoms with Gasteiger partial charge in [0.2, 0.25) is 15.7 Å². The van der Waals surface area contributed by atoms with Gasteiger partial charge >= 0.3 is 0 Å². The molecule has 0 fully saturated rings. The van der Waals surface area contributed by atoms with E-state index < -0.39 is 21.6 Å². The number of benzene rings is 2. The maximum absolute atomic E-state index is 13.2. The largest absolute Gasteiger partial charge is 0.383 e. The van der Waals surface area contributed by atoms with Crippen LogP contribution >= 0.6 is 11.8 Å². The number of sulfone groups is 1. The van der Waals surface area contributed by atoms with Gasteiger partial charge in [0.1, 0.15) is 28.1 Å². The minimum atomic E-state index is -4.04. The van der Waals surface area contributed by atoms with Gasteiger partial charge in [0.25, 0.3) is 0 Å². The Morgan fingerprint density at radius 1 is 1.17 bits per heavy atom. The summed E-state index contributed by atoms with van der Waals surface area (Å²) in [5.41, 5.74) is 8.83. The number of aryl methyl sites for hydroxylation is 2. The van der Waals surface area contributed by atoms with Crippen LogP contribution < -0.4 is 11.1 Å². The van der Waals surface area contributed by atoms with Gasteiger partial charge in [-0.15, -0.1) is 11.8 Å². The Kier molecular flexibility index (Phi) is 6.18. The van der Waals surface area contributed by atoms with Crippen molar-refractivity contribution >= 4 is 39.0 Å². The van der Waals surface area contributed by atoms with Crippen LogP contribution in [0.25, 0.3) is 0 Å². The first kappa shape index (κ1) is 21.8. The number of nitrogens with one attached hydrogen (secondary N) is 1. The van der Waals surface area contributed by atoms with Crippen molar-refractivity contribution in [2.75, 3.05) is 17.3 Å². The number of hydrogen-bond acceptors (Lipinski definition) is 6. The summed E-state index contributed by atoms with van der Waals surface area (Å²) < 4.78 is 40.4. The SMILES string of the molecule is CSc1nn(CC(=O)Nc2ccc(C)c(C)c2)c(N)c1S(=O)(=O)c1ccc(F)cc1. The molecule has 2 aromatic carbocycles. The Morgan fingerprint density at radius 3 is 2.43 bits per heavy atom. The van der Waals surface area contributed by atoms with Crippen LogP contribution in [0.15, 0.2) is 57.3 Å². The van der Waals surface area contributed by atoms with Crippen LogP contribution in [0.3, 0.4) is 0 Å². The minimum Gasteiger partial charge on any atom is -0.383 e. The van der Waals surface area contributed by atoms with Gasteiger partial charge < -0.3 is 11.1 Å². The lowest BCUT2D eigenvalue weighted by Crippen LogP contribution is -2.21. The number of halogens is 1. The summed E-state index contributed by atoms with van der Waals surface area (Å²) in [6.45, 7) is 3.65. The van der Waals surface area contributed by atoms with E-state index in [4.69, 9.17) is 5.73 Å². The first-order valence-corrected chi connectivity index (χ1v) is 11.6. The molecular weight excluding hydrogens is 427 g/mol. The molecule has 0 saturated heterocycles. The van der Waals surface area contributed by atoms with Crippen molar-refractivity contribution in [1.82, 2.24) is 9.78 Å². The first-order valence-electron chi connectivity index (χ1n) is 8.91. The first-order chi connectivity index (χ1) is 14.1. The van der Waals surface area contributed by atoms with Gasteiger partial charge in [-0.3, -0.25) is 4.79 Å². The van der Waals surface area contributed by atoms with Gasteiger partial charge in [-0.2, -0.15) is 5.10 Å². The number of nitrogens with two attached hydrogens (primary N) is 1. The fourth-order valence-electron chi connectivity index (χ4n) is 2.83. The maximum Gasteiger partial charge on any atom is 0.246 e. The molecule has 0 bridgehead atoms. The molecule has 0 saturated carbocycles. The Bertz CT molecular complexity index is 1210. The molecule has 0 radical (unpaired) electrons. The third-order valence-corrected chi connectivity index (χ3v) is 7.22. The van der Waals surface area contributed by atoms with Crippen LogP contribution in [0.4, 0.5) is 15.9 Å². The van der Waals surface area contributed by atoms with Crippen LogP contribution in [-0.2, 0) is 21.2 Å². The molecule has 1 heterocycles. The van der Waals surface area contributed by atoms with Crippen molar-refractivity contribution in [2.45, 2.75) is 35.2 Å². The van der Waals surface area contributed by atoms with E-state index in [9.17, 15) is 17.6 Å². The van der Waals surface area contributed by atoms with E-state index in [1.807, 2.05) is 26.0 Å². The normalized spacial score (nSPS) is 11.5. The van der Waals surface area contributed by atoms with Crippen LogP contribution in [-0.4, -0.2) is 30.4 Å². The van der Waals surface area contributed by atoms with Crippen molar-refractivity contribution < 1.29 is 17.6 Å². The summed E-state index contributed by atoms with van der Waals surface area (Å²) in [5.74, 6) is -1.10. The fraction of sp³-hybridized carbons (Fsp3) is 0.200. The molecule has 0 atom stereocenters. The van der Waals surface area contributed by atoms with Gasteiger partial charge in [-0.1, -0.05) is 6.07 Å². The minimum absolute atomic E-state index is 0.106. The number of nitrogens with zero attached hydrogens (tertiary/aromatic N) is 2. The number of amides is 1. The maximum atomic E-state index is 13.2. The number of hydrogen-bond donors (Lipinski definition) is 2. The van der Waals surface area contributed by atoms with E-state index in [1.54, 1.807) is 12.3 Å². The summed E-state index contributed by atoms with van der Waals surface area (Å²) >= 11 is 1.09. The predicted octanol–water partition coefficient (Wildman–Crippen LogP) is 3.41. The molecule has 0 spiro atoms. The fourth-order valence-corrected chi connectivity index (χ4v) is 5.26. The van der Waals surface area contributed by atoms with Gasteiger partial charge in [0.05, 0.1) is 4.90 Å². The third kappa shape index (κ3) is 4.34. The predicted molar refractivity (Wildman–Crippen MR) is 115 cm³/mol. The zero-order chi connectivity index (χ0) is 22.1. The number of thioether (sulfide) groups is 1. The summed E-state index contributed by atoms with van der Waals surface area (Å²) in [7, 11) is -4.04. The van der Waals surface area contributed by atoms with E-state index in [0.29, 0.717) is 5.69 Å². The molecule has 1 aromatic heterocycles. The second kappa shape index (κ2) is 8.49. The highest BCUT2D eigenvalue weighted by atomic mass is 32.2. The summed E-state index contributed by atoms with van der Waals surface area (Å²) in [6, 6.07) is 9.97. The lowest BCUT2D eigenvalue weighted by Gasteiger charge is -2.09. The highest BCUT2D eigenvalue weighted by Gasteiger charge is 2.29. The average Bonchev–Trinajstić information content (AvgIpc) is 3.01. The lowest BCUT2D eigenvalue weighted by molar-refractivity contribution is -0.116. The van der Waals surface area contributed by atoms with Crippen molar-refractivity contribution in [3.05, 3.63) is 59.4 Å². The zero-order valence-electron chi connectivity index (χ0n) is 16.6. The van der Waals surface area contributed by atoms with Crippen molar-refractivity contribution in [3.8, 4) is 0 Å². The van der Waals surface area contributed by atoms with E-state index in [-0.39, 0.29) is 27.2 Å². The monoisotopic (exact) mass is 448 g/mol. The van der Waals surface area contributed by atoms with Crippen LogP contribution in [0, 0.1) is 19.7 Å². The molecule has 3 N–H and O–H groups in total. The average molecular weight is 449 g/mol. The van der Waals surface area contributed by atoms with Crippen molar-refractivity contribution in [1.29, 1.82) is 0 Å². The second-order valence-corrected chi connectivity index (χ2v) is 9.37. The summed E-state index contributed by atoms with van der Waals surface area (Å²) in [4.78, 5) is 12.2. The molecule has 0 aliphatic heterocycles. The van der Waals surface area contributed by atoms with E-state index in [0.717, 1.165) is 51.8 Å². The molecule has 30 heavy (non-hydrogen) atoms. The van der Waals surface area contributed by atoms with Crippen molar-refractivity contribution in [3.63, 3.8) is 0 Å². The Morgan fingerprint density at radius 2 is 1.83 bits per heavy atom. The smallest absolute Gasteiger partial charge is 0.246 e. The van der Waals surface area contributed by atoms with E-state index in [1.165, 1.54) is 0 Å². The molecule has 10 heteroatoms. The number of nitrogen functional groups attached to an aromatic ring is 1. The number of rotatable bonds is 6. The lowest BCUT2D eigenvalue weighted by atomic mass is 10.1. The Labute approximate surface area is 178 Å². The van der Waals surface area contributed by atoms with Crippen LogP contribution in [0.5, 0.6) is 0 Å². The second-order valence-electron chi connectivity index (χ2n) is 6.69. The number of aromatic nitrogens is 2. The molecule has 3 aromatic rings. The van der Waals surface area contributed by atoms with Crippen LogP contribution in [0.2, 0.25) is 0 Å². The number of carbonyl (C=O) groups is 1.